The summed E-state index contributed by atoms with van der Waals surface area (Å²) in [5.74, 6) is -12.5. The second-order valence-electron chi connectivity index (χ2n) is 29.5. The third kappa shape index (κ3) is 24.5. The van der Waals surface area contributed by atoms with Crippen molar-refractivity contribution in [3.8, 4) is 0 Å². The molecule has 14 atom stereocenters. The first-order valence-electron chi connectivity index (χ1n) is 35.3. The molecule has 0 radical (unpaired) electrons. The third-order valence-corrected chi connectivity index (χ3v) is 19.1. The fraction of sp³-hybridized carbons (Fsp3) is 0.789. The van der Waals surface area contributed by atoms with Gasteiger partial charge in [-0.25, -0.2) is 0 Å². The van der Waals surface area contributed by atoms with E-state index in [1.807, 2.05) is 48.6 Å². The standard InChI is InChI=1S/C71H125N13O15/c1-27-29-30-45(13)60(99-50(18)85)59-64(90)74-51(28-2)67(93)77(20)49(17)66(92)82(25)58(46(14)38-98-39-55(86)84-33-31-76(19)32-34-84)63(89)75-56(43(9)10)70(96)78(21)52(35-40(3)4)62(88)72-47(15)61(87)73-48(16)65(91)79(22)53(36-41(5)6)68(94)80(23)54(37-42(7)8)69(95)81(24)57(44(11)12)71(97)83(59)26/h27,29,40-49,51-54,56-60H,28,30-39H2,1-26H3,(H,72,88)(H,73,87)(H,74,90)(H,75,89). The molecule has 0 bridgehead atoms. The number of nitrogens with zero attached hydrogens (tertiary/aromatic N) is 9. The molecule has 4 N–H and O–H groups in total. The number of hydrogen-bond donors (Lipinski definition) is 4. The number of piperazine rings is 1. The maximum Gasteiger partial charge on any atom is 0.303 e. The van der Waals surface area contributed by atoms with Gasteiger partial charge in [-0.1, -0.05) is 102 Å². The SMILES string of the molecule is CC=CCC(C)C(OC(C)=O)C1C(=O)NC(CC)C(=O)N(C)C(C)C(=O)N(C)C(C(C)COCC(=O)N2CCN(C)CC2)C(=O)NC(C(C)C)C(=O)N(C)C(CC(C)C)C(=O)NC(C)C(=O)NC(C)C(=O)N(C)C(CC(C)C)C(=O)N(C)C(CC(C)C)C(=O)N(C)C(C(C)C)C(=O)N1C. The normalized spacial score (nSPS) is 26.9. The average molecular weight is 1400 g/mol. The second kappa shape index (κ2) is 40.3. The molecule has 2 aliphatic rings. The van der Waals surface area contributed by atoms with Crippen LogP contribution in [0.15, 0.2) is 12.2 Å². The predicted molar refractivity (Wildman–Crippen MR) is 377 cm³/mol. The molecule has 0 aromatic rings. The Balaban J connectivity index is 3.11. The molecule has 28 heteroatoms. The zero-order valence-corrected chi connectivity index (χ0v) is 64.6. The van der Waals surface area contributed by atoms with E-state index in [1.54, 1.807) is 72.4 Å². The number of allylic oxidation sites excluding steroid dienone is 2. The van der Waals surface area contributed by atoms with Crippen LogP contribution < -0.4 is 21.3 Å². The minimum Gasteiger partial charge on any atom is -0.459 e. The number of carbonyl (C=O) groups is 13. The number of amides is 12. The Morgan fingerprint density at radius 1 is 0.495 bits per heavy atom. The summed E-state index contributed by atoms with van der Waals surface area (Å²) in [4.78, 5) is 203. The molecule has 28 nitrogen and oxygen atoms in total. The average Bonchev–Trinajstić information content (AvgIpc) is 0.804. The van der Waals surface area contributed by atoms with Gasteiger partial charge in [-0.2, -0.15) is 0 Å². The Bertz CT molecular complexity index is 2810. The van der Waals surface area contributed by atoms with Crippen molar-refractivity contribution in [1.29, 1.82) is 0 Å². The first-order chi connectivity index (χ1) is 45.9. The molecular weight excluding hydrogens is 1270 g/mol. The summed E-state index contributed by atoms with van der Waals surface area (Å²) >= 11 is 0. The summed E-state index contributed by atoms with van der Waals surface area (Å²) in [5, 5.41) is 11.1. The van der Waals surface area contributed by atoms with Crippen LogP contribution in [0.3, 0.4) is 0 Å². The van der Waals surface area contributed by atoms with E-state index in [0.29, 0.717) is 26.2 Å². The van der Waals surface area contributed by atoms with Crippen molar-refractivity contribution < 1.29 is 71.8 Å². The zero-order valence-electron chi connectivity index (χ0n) is 64.6. The van der Waals surface area contributed by atoms with Crippen molar-refractivity contribution in [2.24, 2.45) is 41.4 Å². The lowest BCUT2D eigenvalue weighted by atomic mass is 9.91. The van der Waals surface area contributed by atoms with Gasteiger partial charge in [0.1, 0.15) is 79.2 Å². The Kier molecular flexibility index (Phi) is 35.7. The van der Waals surface area contributed by atoms with Gasteiger partial charge >= 0.3 is 5.97 Å². The molecule has 12 amide bonds. The van der Waals surface area contributed by atoms with Crippen LogP contribution in [-0.4, -0.2) is 289 Å². The van der Waals surface area contributed by atoms with Crippen LogP contribution in [0.2, 0.25) is 0 Å². The van der Waals surface area contributed by atoms with E-state index in [-0.39, 0.29) is 69.0 Å². The number of rotatable bonds is 19. The van der Waals surface area contributed by atoms with Crippen LogP contribution in [0, 0.1) is 41.4 Å². The fourth-order valence-electron chi connectivity index (χ4n) is 12.7. The van der Waals surface area contributed by atoms with Gasteiger partial charge in [0.25, 0.3) is 0 Å². The maximum atomic E-state index is 15.5. The molecular formula is C71H125N13O15. The highest BCUT2D eigenvalue weighted by Gasteiger charge is 2.48. The van der Waals surface area contributed by atoms with Crippen molar-refractivity contribution in [1.82, 2.24) is 65.4 Å². The number of esters is 1. The highest BCUT2D eigenvalue weighted by atomic mass is 16.5. The van der Waals surface area contributed by atoms with Crippen LogP contribution in [0.1, 0.15) is 157 Å². The van der Waals surface area contributed by atoms with E-state index in [0.717, 1.165) is 21.6 Å². The van der Waals surface area contributed by atoms with Crippen molar-refractivity contribution in [2.45, 2.75) is 229 Å². The van der Waals surface area contributed by atoms with Gasteiger partial charge in [-0.05, 0) is 102 Å². The molecule has 2 heterocycles. The van der Waals surface area contributed by atoms with Crippen LogP contribution >= 0.6 is 0 Å². The smallest absolute Gasteiger partial charge is 0.303 e. The van der Waals surface area contributed by atoms with Crippen LogP contribution in [-0.2, 0) is 71.8 Å². The van der Waals surface area contributed by atoms with Crippen LogP contribution in [0.4, 0.5) is 0 Å². The summed E-state index contributed by atoms with van der Waals surface area (Å²) in [6.45, 7) is 31.9. The molecule has 14 unspecified atom stereocenters. The van der Waals surface area contributed by atoms with E-state index < -0.39 is 167 Å². The molecule has 564 valence electrons. The zero-order chi connectivity index (χ0) is 76.1. The minimum absolute atomic E-state index is 0.0578. The maximum absolute atomic E-state index is 15.5. The Morgan fingerprint density at radius 3 is 1.44 bits per heavy atom. The minimum atomic E-state index is -1.66. The predicted octanol–water partition coefficient (Wildman–Crippen LogP) is 2.61. The molecule has 2 rings (SSSR count). The van der Waals surface area contributed by atoms with Crippen molar-refractivity contribution in [3.05, 3.63) is 12.2 Å². The Morgan fingerprint density at radius 2 is 0.960 bits per heavy atom. The van der Waals surface area contributed by atoms with E-state index in [9.17, 15) is 33.6 Å². The number of nitrogens with one attached hydrogen (secondary N) is 4. The third-order valence-electron chi connectivity index (χ3n) is 19.1. The monoisotopic (exact) mass is 1400 g/mol. The summed E-state index contributed by atoms with van der Waals surface area (Å²) in [6.07, 6.45) is 2.77. The lowest BCUT2D eigenvalue weighted by Crippen LogP contribution is -2.64. The fourth-order valence-corrected chi connectivity index (χ4v) is 12.7. The molecule has 0 aromatic heterocycles. The largest absolute Gasteiger partial charge is 0.459 e. The summed E-state index contributed by atoms with van der Waals surface area (Å²) in [6, 6.07) is -14.6. The molecule has 0 aliphatic carbocycles. The highest BCUT2D eigenvalue weighted by Crippen LogP contribution is 2.27. The van der Waals surface area contributed by atoms with Crippen LogP contribution in [0.25, 0.3) is 0 Å². The molecule has 2 aliphatic heterocycles. The van der Waals surface area contributed by atoms with Gasteiger partial charge in [0.2, 0.25) is 70.9 Å². The lowest BCUT2D eigenvalue weighted by Gasteiger charge is -2.42. The number of hydrogen-bond acceptors (Lipinski definition) is 16. The highest BCUT2D eigenvalue weighted by molar-refractivity contribution is 6.00. The molecule has 99 heavy (non-hydrogen) atoms. The molecule has 2 saturated heterocycles. The first-order valence-corrected chi connectivity index (χ1v) is 35.3. The van der Waals surface area contributed by atoms with Gasteiger partial charge in [-0.15, -0.1) is 0 Å². The van der Waals surface area contributed by atoms with Gasteiger partial charge < -0.3 is 74.8 Å². The molecule has 0 spiro atoms. The van der Waals surface area contributed by atoms with Crippen molar-refractivity contribution in [2.75, 3.05) is 95.8 Å². The second-order valence-corrected chi connectivity index (χ2v) is 29.5. The van der Waals surface area contributed by atoms with E-state index in [2.05, 4.69) is 26.2 Å². The number of carbonyl (C=O) groups excluding carboxylic acids is 13. The summed E-state index contributed by atoms with van der Waals surface area (Å²) < 4.78 is 12.0. The van der Waals surface area contributed by atoms with E-state index in [1.165, 1.54) is 89.7 Å². The Labute approximate surface area is 590 Å². The lowest BCUT2D eigenvalue weighted by molar-refractivity contribution is -0.164. The summed E-state index contributed by atoms with van der Waals surface area (Å²) in [7, 11) is 11.7. The first kappa shape index (κ1) is 87.9. The van der Waals surface area contributed by atoms with E-state index >= 15 is 28.8 Å². The van der Waals surface area contributed by atoms with Crippen molar-refractivity contribution >= 4 is 76.9 Å². The quantitative estimate of drug-likeness (QED) is 0.107. The van der Waals surface area contributed by atoms with Gasteiger partial charge in [-0.3, -0.25) is 62.3 Å². The molecule has 0 saturated carbocycles. The molecule has 0 aromatic carbocycles. The number of ether oxygens (including phenoxy) is 2. The molecule has 2 fully saturated rings. The van der Waals surface area contributed by atoms with Gasteiger partial charge in [0, 0.05) is 88.4 Å². The van der Waals surface area contributed by atoms with Crippen LogP contribution in [0.5, 0.6) is 0 Å². The summed E-state index contributed by atoms with van der Waals surface area (Å²) in [5.41, 5.74) is 0. The van der Waals surface area contributed by atoms with Gasteiger partial charge in [0.05, 0.1) is 6.61 Å². The van der Waals surface area contributed by atoms with E-state index in [4.69, 9.17) is 9.47 Å². The van der Waals surface area contributed by atoms with Crippen molar-refractivity contribution in [3.63, 3.8) is 0 Å². The Hall–Kier alpha value is -7.23. The number of likely N-dealkylation sites (N-methyl/N-ethyl adjacent to an activating group) is 8. The topological polar surface area (TPSA) is 318 Å². The van der Waals surface area contributed by atoms with Gasteiger partial charge in [0.15, 0.2) is 0 Å².